The molecular weight excluding hydrogens is 412 g/mol. The fourth-order valence-electron chi connectivity index (χ4n) is 3.96. The highest BCUT2D eigenvalue weighted by Gasteiger charge is 2.37. The van der Waals surface area contributed by atoms with Gasteiger partial charge in [-0.1, -0.05) is 43.3 Å². The van der Waals surface area contributed by atoms with Gasteiger partial charge in [-0.25, -0.2) is 0 Å². The molecule has 1 fully saturated rings. The Hall–Kier alpha value is -3.00. The first kappa shape index (κ1) is 21.2. The first-order valence-electron chi connectivity index (χ1n) is 10.6. The van der Waals surface area contributed by atoms with Gasteiger partial charge in [0, 0.05) is 17.1 Å². The molecular formula is C23H26N4O3S. The quantitative estimate of drug-likeness (QED) is 0.578. The second-order valence-corrected chi connectivity index (χ2v) is 8.73. The van der Waals surface area contributed by atoms with Crippen molar-refractivity contribution in [1.82, 2.24) is 14.9 Å². The summed E-state index contributed by atoms with van der Waals surface area (Å²) in [6.45, 7) is 4.22. The van der Waals surface area contributed by atoms with Crippen LogP contribution >= 0.6 is 11.5 Å². The van der Waals surface area contributed by atoms with Crippen LogP contribution in [0, 0.1) is 0 Å². The SMILES string of the molecule is CC(C)c1ccc(N(C(=O)c2csnn2)[C@H](C(=O)NC2CCCC2)c2ccco2)cc1. The molecule has 1 N–H and O–H groups in total. The van der Waals surface area contributed by atoms with Crippen LogP contribution in [0.15, 0.2) is 52.5 Å². The van der Waals surface area contributed by atoms with Crippen molar-refractivity contribution in [3.8, 4) is 0 Å². The minimum atomic E-state index is -0.949. The summed E-state index contributed by atoms with van der Waals surface area (Å²) in [4.78, 5) is 28.4. The Morgan fingerprint density at radius 1 is 1.16 bits per heavy atom. The summed E-state index contributed by atoms with van der Waals surface area (Å²) < 4.78 is 9.45. The highest BCUT2D eigenvalue weighted by molar-refractivity contribution is 7.03. The molecule has 31 heavy (non-hydrogen) atoms. The summed E-state index contributed by atoms with van der Waals surface area (Å²) in [5.41, 5.74) is 1.95. The number of carbonyl (C=O) groups is 2. The number of nitrogens with zero attached hydrogens (tertiary/aromatic N) is 3. The van der Waals surface area contributed by atoms with E-state index < -0.39 is 11.9 Å². The van der Waals surface area contributed by atoms with E-state index in [9.17, 15) is 9.59 Å². The summed E-state index contributed by atoms with van der Waals surface area (Å²) in [6.07, 6.45) is 5.60. The van der Waals surface area contributed by atoms with Crippen molar-refractivity contribution in [3.63, 3.8) is 0 Å². The molecule has 1 aromatic carbocycles. The highest BCUT2D eigenvalue weighted by Crippen LogP contribution is 2.32. The molecule has 1 aliphatic carbocycles. The van der Waals surface area contributed by atoms with Gasteiger partial charge in [0.05, 0.1) is 6.26 Å². The van der Waals surface area contributed by atoms with E-state index in [4.69, 9.17) is 4.42 Å². The summed E-state index contributed by atoms with van der Waals surface area (Å²) in [5, 5.41) is 8.66. The monoisotopic (exact) mass is 438 g/mol. The van der Waals surface area contributed by atoms with Crippen molar-refractivity contribution in [3.05, 3.63) is 65.1 Å². The zero-order chi connectivity index (χ0) is 21.8. The van der Waals surface area contributed by atoms with Crippen LogP contribution in [0.5, 0.6) is 0 Å². The Bertz CT molecular complexity index is 994. The van der Waals surface area contributed by atoms with Crippen LogP contribution < -0.4 is 10.2 Å². The number of aromatic nitrogens is 2. The Morgan fingerprint density at radius 2 is 1.90 bits per heavy atom. The van der Waals surface area contributed by atoms with Gasteiger partial charge in [0.25, 0.3) is 11.8 Å². The summed E-state index contributed by atoms with van der Waals surface area (Å²) in [6, 6.07) is 10.3. The van der Waals surface area contributed by atoms with Crippen molar-refractivity contribution in [2.75, 3.05) is 4.90 Å². The Balaban J connectivity index is 1.75. The molecule has 162 valence electrons. The molecule has 4 rings (SSSR count). The molecule has 0 unspecified atom stereocenters. The van der Waals surface area contributed by atoms with E-state index in [-0.39, 0.29) is 17.6 Å². The van der Waals surface area contributed by atoms with Crippen LogP contribution in [0.3, 0.4) is 0 Å². The molecule has 1 saturated carbocycles. The number of furan rings is 1. The van der Waals surface area contributed by atoms with E-state index in [2.05, 4.69) is 28.8 Å². The van der Waals surface area contributed by atoms with Crippen LogP contribution in [0.2, 0.25) is 0 Å². The van der Waals surface area contributed by atoms with E-state index >= 15 is 0 Å². The van der Waals surface area contributed by atoms with Crippen molar-refractivity contribution in [2.45, 2.75) is 57.5 Å². The lowest BCUT2D eigenvalue weighted by Crippen LogP contribution is -2.46. The van der Waals surface area contributed by atoms with Crippen LogP contribution in [0.4, 0.5) is 5.69 Å². The lowest BCUT2D eigenvalue weighted by atomic mass is 10.0. The Labute approximate surface area is 185 Å². The smallest absolute Gasteiger partial charge is 0.280 e. The van der Waals surface area contributed by atoms with E-state index in [1.165, 1.54) is 11.2 Å². The molecule has 0 aliphatic heterocycles. The van der Waals surface area contributed by atoms with Gasteiger partial charge >= 0.3 is 0 Å². The fraction of sp³-hybridized carbons (Fsp3) is 0.391. The van der Waals surface area contributed by atoms with Gasteiger partial charge in [0.1, 0.15) is 5.76 Å². The third kappa shape index (κ3) is 4.69. The molecule has 1 atom stereocenters. The minimum absolute atomic E-state index is 0.117. The van der Waals surface area contributed by atoms with Crippen molar-refractivity contribution >= 4 is 29.0 Å². The standard InChI is InChI=1S/C23H26N4O3S/c1-15(2)16-9-11-18(12-10-16)27(23(29)19-14-31-26-25-19)21(20-8-5-13-30-20)22(28)24-17-6-3-4-7-17/h5,8-15,17,21H,3-4,6-7H2,1-2H3,(H,24,28)/t21-/m0/s1. The molecule has 3 aromatic rings. The molecule has 7 nitrogen and oxygen atoms in total. The third-order valence-corrected chi connectivity index (χ3v) is 6.16. The fourth-order valence-corrected chi connectivity index (χ4v) is 4.39. The molecule has 0 radical (unpaired) electrons. The summed E-state index contributed by atoms with van der Waals surface area (Å²) in [5.74, 6) is 0.104. The molecule has 0 spiro atoms. The maximum absolute atomic E-state index is 13.5. The summed E-state index contributed by atoms with van der Waals surface area (Å²) >= 11 is 1.10. The topological polar surface area (TPSA) is 88.3 Å². The number of anilines is 1. The third-order valence-electron chi connectivity index (χ3n) is 5.66. The number of carbonyl (C=O) groups excluding carboxylic acids is 2. The number of rotatable bonds is 7. The number of hydrogen-bond donors (Lipinski definition) is 1. The molecule has 2 aromatic heterocycles. The second kappa shape index (κ2) is 9.43. The number of amides is 2. The average Bonchev–Trinajstić information content (AvgIpc) is 3.55. The van der Waals surface area contributed by atoms with Crippen LogP contribution in [-0.2, 0) is 4.79 Å². The van der Waals surface area contributed by atoms with E-state index in [0.717, 1.165) is 42.8 Å². The highest BCUT2D eigenvalue weighted by atomic mass is 32.1. The normalized spacial score (nSPS) is 15.2. The predicted octanol–water partition coefficient (Wildman–Crippen LogP) is 4.70. The van der Waals surface area contributed by atoms with Gasteiger partial charge in [-0.3, -0.25) is 14.5 Å². The second-order valence-electron chi connectivity index (χ2n) is 8.12. The average molecular weight is 439 g/mol. The lowest BCUT2D eigenvalue weighted by Gasteiger charge is -2.30. The maximum atomic E-state index is 13.5. The summed E-state index contributed by atoms with van der Waals surface area (Å²) in [7, 11) is 0. The number of hydrogen-bond acceptors (Lipinski definition) is 6. The predicted molar refractivity (Wildman–Crippen MR) is 119 cm³/mol. The first-order chi connectivity index (χ1) is 15.0. The van der Waals surface area contributed by atoms with Gasteiger partial charge in [0.15, 0.2) is 11.7 Å². The van der Waals surface area contributed by atoms with Crippen LogP contribution in [0.1, 0.15) is 73.3 Å². The minimum Gasteiger partial charge on any atom is -0.467 e. The number of nitrogens with one attached hydrogen (secondary N) is 1. The Morgan fingerprint density at radius 3 is 2.48 bits per heavy atom. The molecule has 1 aliphatic rings. The van der Waals surface area contributed by atoms with E-state index in [1.54, 1.807) is 17.5 Å². The van der Waals surface area contributed by atoms with Gasteiger partial charge < -0.3 is 9.73 Å². The molecule has 8 heteroatoms. The van der Waals surface area contributed by atoms with Crippen molar-refractivity contribution in [2.24, 2.45) is 0 Å². The van der Waals surface area contributed by atoms with Gasteiger partial charge in [-0.2, -0.15) is 0 Å². The van der Waals surface area contributed by atoms with Gasteiger partial charge in [-0.05, 0) is 60.1 Å². The molecule has 0 saturated heterocycles. The van der Waals surface area contributed by atoms with Crippen LogP contribution in [0.25, 0.3) is 0 Å². The van der Waals surface area contributed by atoms with Crippen molar-refractivity contribution < 1.29 is 14.0 Å². The van der Waals surface area contributed by atoms with E-state index in [0.29, 0.717) is 17.4 Å². The molecule has 0 bridgehead atoms. The molecule has 2 heterocycles. The zero-order valence-electron chi connectivity index (χ0n) is 17.7. The number of benzene rings is 1. The molecule has 2 amide bonds. The lowest BCUT2D eigenvalue weighted by molar-refractivity contribution is -0.123. The van der Waals surface area contributed by atoms with Crippen molar-refractivity contribution in [1.29, 1.82) is 0 Å². The Kier molecular flexibility index (Phi) is 6.46. The maximum Gasteiger partial charge on any atom is 0.280 e. The van der Waals surface area contributed by atoms with Gasteiger partial charge in [-0.15, -0.1) is 5.10 Å². The van der Waals surface area contributed by atoms with E-state index in [1.807, 2.05) is 24.3 Å². The largest absolute Gasteiger partial charge is 0.467 e. The zero-order valence-corrected chi connectivity index (χ0v) is 18.5. The van der Waals surface area contributed by atoms with Gasteiger partial charge in [0.2, 0.25) is 0 Å². The first-order valence-corrected chi connectivity index (χ1v) is 11.4. The van der Waals surface area contributed by atoms with Crippen LogP contribution in [-0.4, -0.2) is 27.4 Å².